The summed E-state index contributed by atoms with van der Waals surface area (Å²) in [4.78, 5) is 18.5. The second kappa shape index (κ2) is 10.3. The van der Waals surface area contributed by atoms with Crippen LogP contribution in [0.2, 0.25) is 0 Å². The van der Waals surface area contributed by atoms with E-state index in [1.807, 2.05) is 76.0 Å². The summed E-state index contributed by atoms with van der Waals surface area (Å²) in [5.41, 5.74) is 3.99. The number of nitrogens with zero attached hydrogens (tertiary/aromatic N) is 6. The van der Waals surface area contributed by atoms with Gasteiger partial charge in [-0.3, -0.25) is 0 Å². The lowest BCUT2D eigenvalue weighted by Crippen LogP contribution is -2.35. The van der Waals surface area contributed by atoms with Gasteiger partial charge in [-0.25, -0.2) is 9.98 Å². The highest BCUT2D eigenvalue weighted by Crippen LogP contribution is 2.45. The maximum absolute atomic E-state index is 5.18. The van der Waals surface area contributed by atoms with Crippen LogP contribution in [0.25, 0.3) is 32.7 Å². The molecule has 0 heterocycles. The fourth-order valence-electron chi connectivity index (χ4n) is 4.65. The Kier molecular flexibility index (Phi) is 7.15. The van der Waals surface area contributed by atoms with Crippen molar-refractivity contribution < 1.29 is 0 Å². The first kappa shape index (κ1) is 25.0. The summed E-state index contributed by atoms with van der Waals surface area (Å²) in [6.07, 6.45) is 0. The monoisotopic (exact) mass is 480 g/mol. The van der Waals surface area contributed by atoms with Gasteiger partial charge in [-0.1, -0.05) is 60.7 Å². The van der Waals surface area contributed by atoms with Crippen LogP contribution in [-0.4, -0.2) is 87.9 Å². The van der Waals surface area contributed by atoms with Crippen molar-refractivity contribution in [2.45, 2.75) is 0 Å². The van der Waals surface area contributed by atoms with Crippen LogP contribution >= 0.6 is 0 Å². The van der Waals surface area contributed by atoms with Crippen molar-refractivity contribution in [3.63, 3.8) is 0 Å². The molecule has 0 saturated carbocycles. The fraction of sp³-hybridized carbons (Fsp3) is 0.267. The van der Waals surface area contributed by atoms with Crippen molar-refractivity contribution in [1.29, 1.82) is 0 Å². The molecule has 0 saturated heterocycles. The minimum Gasteiger partial charge on any atom is -0.349 e. The molecular formula is C30H36N6. The van der Waals surface area contributed by atoms with Gasteiger partial charge in [0.05, 0.1) is 11.4 Å². The Morgan fingerprint density at radius 3 is 1.11 bits per heavy atom. The van der Waals surface area contributed by atoms with Gasteiger partial charge in [-0.15, -0.1) is 0 Å². The lowest BCUT2D eigenvalue weighted by Gasteiger charge is -2.25. The zero-order valence-corrected chi connectivity index (χ0v) is 22.6. The number of benzene rings is 4. The topological polar surface area (TPSA) is 37.7 Å². The predicted octanol–water partition coefficient (Wildman–Crippen LogP) is 5.88. The van der Waals surface area contributed by atoms with Crippen molar-refractivity contribution in [3.05, 3.63) is 72.8 Å². The van der Waals surface area contributed by atoms with E-state index in [4.69, 9.17) is 9.98 Å². The highest BCUT2D eigenvalue weighted by atomic mass is 15.3. The zero-order chi connectivity index (χ0) is 26.0. The molecule has 36 heavy (non-hydrogen) atoms. The van der Waals surface area contributed by atoms with E-state index < -0.39 is 0 Å². The van der Waals surface area contributed by atoms with Gasteiger partial charge in [0, 0.05) is 67.5 Å². The first-order valence-corrected chi connectivity index (χ1v) is 12.1. The first-order chi connectivity index (χ1) is 17.2. The molecule has 6 nitrogen and oxygen atoms in total. The molecule has 4 aromatic rings. The summed E-state index contributed by atoms with van der Waals surface area (Å²) in [6.45, 7) is 0. The molecule has 0 amide bonds. The van der Waals surface area contributed by atoms with Crippen LogP contribution in [0.4, 0.5) is 11.4 Å². The van der Waals surface area contributed by atoms with Crippen molar-refractivity contribution in [2.24, 2.45) is 9.98 Å². The van der Waals surface area contributed by atoms with Crippen LogP contribution in [0.5, 0.6) is 0 Å². The quantitative estimate of drug-likeness (QED) is 0.271. The normalized spacial score (nSPS) is 10.8. The molecule has 186 valence electrons. The summed E-state index contributed by atoms with van der Waals surface area (Å²) in [6, 6.07) is 25.6. The average molecular weight is 481 g/mol. The largest absolute Gasteiger partial charge is 0.349 e. The maximum atomic E-state index is 5.18. The van der Waals surface area contributed by atoms with Crippen molar-refractivity contribution >= 4 is 44.8 Å². The standard InChI is InChI=1S/C30H36N6/c1-33(2)29(34(3)4)31-25-19-17-21-13-9-11-15-23(21)27(25)28-24-16-12-10-14-22(24)18-20-26(28)32-30(35(5)6)36(7)8/h9-20H,1-8H3. The Hall–Kier alpha value is -4.06. The van der Waals surface area contributed by atoms with E-state index in [2.05, 4.69) is 72.8 Å². The maximum Gasteiger partial charge on any atom is 0.200 e. The Morgan fingerprint density at radius 2 is 0.778 bits per heavy atom. The molecule has 0 N–H and O–H groups in total. The van der Waals surface area contributed by atoms with E-state index in [0.717, 1.165) is 45.2 Å². The Bertz CT molecular complexity index is 1320. The lowest BCUT2D eigenvalue weighted by atomic mass is 9.91. The first-order valence-electron chi connectivity index (χ1n) is 12.1. The smallest absolute Gasteiger partial charge is 0.200 e. The van der Waals surface area contributed by atoms with Crippen LogP contribution in [-0.2, 0) is 0 Å². The molecule has 4 rings (SSSR count). The molecular weight excluding hydrogens is 444 g/mol. The van der Waals surface area contributed by atoms with E-state index in [-0.39, 0.29) is 0 Å². The predicted molar refractivity (Wildman–Crippen MR) is 156 cm³/mol. The van der Waals surface area contributed by atoms with Crippen LogP contribution < -0.4 is 0 Å². The minimum atomic E-state index is 0.874. The summed E-state index contributed by atoms with van der Waals surface area (Å²) in [5, 5.41) is 4.65. The van der Waals surface area contributed by atoms with Crippen LogP contribution in [0, 0.1) is 0 Å². The van der Waals surface area contributed by atoms with Crippen molar-refractivity contribution in [2.75, 3.05) is 56.4 Å². The molecule has 0 fully saturated rings. The molecule has 0 bridgehead atoms. The average Bonchev–Trinajstić information content (AvgIpc) is 2.84. The molecule has 0 unspecified atom stereocenters. The van der Waals surface area contributed by atoms with E-state index in [0.29, 0.717) is 0 Å². The van der Waals surface area contributed by atoms with Gasteiger partial charge >= 0.3 is 0 Å². The molecule has 6 heteroatoms. The summed E-state index contributed by atoms with van der Waals surface area (Å²) < 4.78 is 0. The van der Waals surface area contributed by atoms with Gasteiger partial charge in [0.15, 0.2) is 0 Å². The Balaban J connectivity index is 2.19. The van der Waals surface area contributed by atoms with Crippen LogP contribution in [0.1, 0.15) is 0 Å². The number of rotatable bonds is 3. The summed E-state index contributed by atoms with van der Waals surface area (Å²) >= 11 is 0. The third-order valence-corrected chi connectivity index (χ3v) is 6.10. The number of aliphatic imine (C=N–C) groups is 2. The minimum absolute atomic E-state index is 0.874. The highest BCUT2D eigenvalue weighted by Gasteiger charge is 2.19. The second-order valence-electron chi connectivity index (χ2n) is 9.76. The molecule has 0 aliphatic rings. The molecule has 0 atom stereocenters. The van der Waals surface area contributed by atoms with Gasteiger partial charge in [0.1, 0.15) is 0 Å². The molecule has 0 aliphatic heterocycles. The second-order valence-corrected chi connectivity index (χ2v) is 9.76. The summed E-state index contributed by atoms with van der Waals surface area (Å²) in [7, 11) is 16.2. The third kappa shape index (κ3) is 4.85. The molecule has 0 aromatic heterocycles. The van der Waals surface area contributed by atoms with Crippen molar-refractivity contribution in [1.82, 2.24) is 19.6 Å². The fourth-order valence-corrected chi connectivity index (χ4v) is 4.65. The highest BCUT2D eigenvalue weighted by molar-refractivity contribution is 6.13. The zero-order valence-electron chi connectivity index (χ0n) is 22.6. The van der Waals surface area contributed by atoms with E-state index in [9.17, 15) is 0 Å². The number of hydrogen-bond acceptors (Lipinski definition) is 2. The van der Waals surface area contributed by atoms with Gasteiger partial charge < -0.3 is 19.6 Å². The molecule has 0 spiro atoms. The number of hydrogen-bond donors (Lipinski definition) is 0. The van der Waals surface area contributed by atoms with Gasteiger partial charge in [-0.2, -0.15) is 0 Å². The van der Waals surface area contributed by atoms with Gasteiger partial charge in [-0.05, 0) is 33.7 Å². The van der Waals surface area contributed by atoms with Gasteiger partial charge in [0.25, 0.3) is 0 Å². The van der Waals surface area contributed by atoms with E-state index in [1.165, 1.54) is 10.8 Å². The van der Waals surface area contributed by atoms with Gasteiger partial charge in [0.2, 0.25) is 11.9 Å². The van der Waals surface area contributed by atoms with Crippen LogP contribution in [0.3, 0.4) is 0 Å². The summed E-state index contributed by atoms with van der Waals surface area (Å²) in [5.74, 6) is 1.75. The molecule has 0 radical (unpaired) electrons. The number of guanidine groups is 2. The van der Waals surface area contributed by atoms with Crippen molar-refractivity contribution in [3.8, 4) is 11.1 Å². The third-order valence-electron chi connectivity index (χ3n) is 6.10. The van der Waals surface area contributed by atoms with E-state index >= 15 is 0 Å². The van der Waals surface area contributed by atoms with Crippen LogP contribution in [0.15, 0.2) is 82.8 Å². The lowest BCUT2D eigenvalue weighted by molar-refractivity contribution is 0.484. The number of fused-ring (bicyclic) bond motifs is 2. The Labute approximate surface area is 214 Å². The molecule has 4 aromatic carbocycles. The van der Waals surface area contributed by atoms with E-state index in [1.54, 1.807) is 0 Å². The Morgan fingerprint density at radius 1 is 0.444 bits per heavy atom. The SMILES string of the molecule is CN(C)C(=Nc1ccc2ccccc2c1-c1c(N=C(N(C)C)N(C)C)ccc2ccccc12)N(C)C. The molecule has 0 aliphatic carbocycles.